The fraction of sp³-hybridized carbons (Fsp3) is 0.194. The lowest BCUT2D eigenvalue weighted by Crippen LogP contribution is -2.32. The van der Waals surface area contributed by atoms with E-state index < -0.39 is 5.97 Å². The van der Waals surface area contributed by atoms with Crippen molar-refractivity contribution < 1.29 is 19.4 Å². The third-order valence-electron chi connectivity index (χ3n) is 7.19. The van der Waals surface area contributed by atoms with E-state index in [1.165, 1.54) is 0 Å². The van der Waals surface area contributed by atoms with Crippen molar-refractivity contribution in [3.8, 4) is 22.6 Å². The molecular weight excluding hydrogens is 530 g/mol. The van der Waals surface area contributed by atoms with Gasteiger partial charge < -0.3 is 19.9 Å². The highest BCUT2D eigenvalue weighted by Gasteiger charge is 2.38. The minimum Gasteiger partial charge on any atom is -0.493 e. The summed E-state index contributed by atoms with van der Waals surface area (Å²) in [5, 5.41) is 13.7. The second-order valence-corrected chi connectivity index (χ2v) is 10.2. The van der Waals surface area contributed by atoms with Crippen LogP contribution in [0.5, 0.6) is 11.5 Å². The maximum Gasteiger partial charge on any atom is 0.337 e. The van der Waals surface area contributed by atoms with Crippen molar-refractivity contribution in [1.29, 1.82) is 0 Å². The molecule has 0 unspecified atom stereocenters. The highest BCUT2D eigenvalue weighted by atomic mass is 79.9. The summed E-state index contributed by atoms with van der Waals surface area (Å²) in [6.07, 6.45) is 0. The maximum atomic E-state index is 12.3. The Morgan fingerprint density at radius 1 is 0.838 bits per heavy atom. The molecule has 1 aliphatic rings. The van der Waals surface area contributed by atoms with Crippen molar-refractivity contribution in [3.63, 3.8) is 0 Å². The Morgan fingerprint density at radius 2 is 1.49 bits per heavy atom. The van der Waals surface area contributed by atoms with Crippen LogP contribution in [0.2, 0.25) is 0 Å². The normalized spacial score (nSPS) is 18.4. The molecule has 1 aliphatic heterocycles. The van der Waals surface area contributed by atoms with Gasteiger partial charge in [0, 0.05) is 10.4 Å². The zero-order chi connectivity index (χ0) is 26.1. The molecule has 0 aromatic heterocycles. The first-order chi connectivity index (χ1) is 17.9. The molecule has 4 aromatic carbocycles. The fourth-order valence-corrected chi connectivity index (χ4v) is 5.87. The van der Waals surface area contributed by atoms with E-state index in [0.717, 1.165) is 32.3 Å². The molecule has 0 radical (unpaired) electrons. The molecule has 188 valence electrons. The molecule has 0 spiro atoms. The van der Waals surface area contributed by atoms with Gasteiger partial charge in [0.15, 0.2) is 11.5 Å². The van der Waals surface area contributed by atoms with Gasteiger partial charge in [-0.3, -0.25) is 0 Å². The quantitative estimate of drug-likeness (QED) is 0.253. The molecule has 1 heterocycles. The van der Waals surface area contributed by atoms with Crippen molar-refractivity contribution in [2.45, 2.75) is 18.9 Å². The van der Waals surface area contributed by atoms with Crippen LogP contribution in [0.15, 0.2) is 89.4 Å². The van der Waals surface area contributed by atoms with Crippen LogP contribution in [-0.2, 0) is 0 Å². The molecule has 4 aromatic rings. The summed E-state index contributed by atoms with van der Waals surface area (Å²) in [5.74, 6) is 0.351. The second kappa shape index (κ2) is 10.3. The lowest BCUT2D eigenvalue weighted by molar-refractivity contribution is 0.0697. The summed E-state index contributed by atoms with van der Waals surface area (Å²) >= 11 is 3.53. The van der Waals surface area contributed by atoms with Gasteiger partial charge in [-0.05, 0) is 58.0 Å². The maximum absolute atomic E-state index is 12.3. The van der Waals surface area contributed by atoms with Crippen LogP contribution in [0.1, 0.15) is 45.9 Å². The van der Waals surface area contributed by atoms with Crippen molar-refractivity contribution in [3.05, 3.63) is 112 Å². The Morgan fingerprint density at radius 3 is 2.14 bits per heavy atom. The number of carboxylic acids is 1. The van der Waals surface area contributed by atoms with E-state index in [1.807, 2.05) is 42.5 Å². The van der Waals surface area contributed by atoms with Crippen molar-refractivity contribution in [2.75, 3.05) is 19.5 Å². The van der Waals surface area contributed by atoms with E-state index in [1.54, 1.807) is 20.3 Å². The first-order valence-electron chi connectivity index (χ1n) is 12.1. The second-order valence-electron chi connectivity index (χ2n) is 9.28. The first kappa shape index (κ1) is 24.9. The number of hydrogen-bond donors (Lipinski definition) is 2. The Balaban J connectivity index is 1.63. The van der Waals surface area contributed by atoms with Crippen molar-refractivity contribution >= 4 is 27.6 Å². The monoisotopic (exact) mass is 557 g/mol. The minimum atomic E-state index is -0.969. The van der Waals surface area contributed by atoms with Gasteiger partial charge in [-0.25, -0.2) is 4.79 Å². The van der Waals surface area contributed by atoms with Crippen LogP contribution in [0, 0.1) is 5.92 Å². The summed E-state index contributed by atoms with van der Waals surface area (Å²) in [5.41, 5.74) is 6.25. The topological polar surface area (TPSA) is 67.8 Å². The standard InChI is InChI=1S/C31H28BrNO4/c1-18-28(22-13-14-26(36-2)27(15-22)37-3)24-16-23(32)17-25(31(34)35)30(24)33-29(18)21-11-9-20(10-12-21)19-7-5-4-6-8-19/h4-18,28-29,33H,1-3H3,(H,34,35)/t18-,28+,29-/m1/s1. The fourth-order valence-electron chi connectivity index (χ4n) is 5.40. The van der Waals surface area contributed by atoms with E-state index in [-0.39, 0.29) is 23.4 Å². The van der Waals surface area contributed by atoms with E-state index in [0.29, 0.717) is 17.2 Å². The minimum absolute atomic E-state index is 0.0783. The zero-order valence-corrected chi connectivity index (χ0v) is 22.5. The van der Waals surface area contributed by atoms with E-state index in [2.05, 4.69) is 64.6 Å². The molecule has 0 fully saturated rings. The van der Waals surface area contributed by atoms with Gasteiger partial charge >= 0.3 is 5.97 Å². The zero-order valence-electron chi connectivity index (χ0n) is 20.9. The van der Waals surface area contributed by atoms with Crippen LogP contribution in [0.25, 0.3) is 11.1 Å². The molecule has 5 rings (SSSR count). The highest BCUT2D eigenvalue weighted by Crippen LogP contribution is 2.50. The number of halogens is 1. The summed E-state index contributed by atoms with van der Waals surface area (Å²) in [6.45, 7) is 2.20. The molecule has 2 N–H and O–H groups in total. The molecule has 0 bridgehead atoms. The molecule has 5 nitrogen and oxygen atoms in total. The number of anilines is 1. The number of nitrogens with one attached hydrogen (secondary N) is 1. The smallest absolute Gasteiger partial charge is 0.337 e. The molecule has 0 aliphatic carbocycles. The van der Waals surface area contributed by atoms with Gasteiger partial charge in [0.1, 0.15) is 0 Å². The number of hydrogen-bond acceptors (Lipinski definition) is 4. The van der Waals surface area contributed by atoms with E-state index >= 15 is 0 Å². The number of methoxy groups -OCH3 is 2. The lowest BCUT2D eigenvalue weighted by atomic mass is 9.72. The summed E-state index contributed by atoms with van der Waals surface area (Å²) < 4.78 is 11.8. The Kier molecular flexibility index (Phi) is 6.94. The van der Waals surface area contributed by atoms with Crippen LogP contribution in [-0.4, -0.2) is 25.3 Å². The van der Waals surface area contributed by atoms with Crippen LogP contribution in [0.3, 0.4) is 0 Å². The summed E-state index contributed by atoms with van der Waals surface area (Å²) in [6, 6.07) is 28.3. The first-order valence-corrected chi connectivity index (χ1v) is 12.9. The van der Waals surface area contributed by atoms with Crippen LogP contribution in [0.4, 0.5) is 5.69 Å². The molecule has 3 atom stereocenters. The van der Waals surface area contributed by atoms with Gasteiger partial charge in [0.2, 0.25) is 0 Å². The van der Waals surface area contributed by atoms with E-state index in [4.69, 9.17) is 9.47 Å². The molecule has 0 amide bonds. The van der Waals surface area contributed by atoms with Gasteiger partial charge in [0.25, 0.3) is 0 Å². The average molecular weight is 558 g/mol. The SMILES string of the molecule is COc1ccc([C@H]2c3cc(Br)cc(C(=O)O)c3N[C@@H](c3ccc(-c4ccccc4)cc3)[C@@H]2C)cc1OC. The molecular formula is C31H28BrNO4. The number of carboxylic acid groups (broad SMARTS) is 1. The highest BCUT2D eigenvalue weighted by molar-refractivity contribution is 9.10. The third kappa shape index (κ3) is 4.69. The Hall–Kier alpha value is -3.77. The number of fused-ring (bicyclic) bond motifs is 1. The molecule has 6 heteroatoms. The number of carbonyl (C=O) groups is 1. The number of aromatic carboxylic acids is 1. The van der Waals surface area contributed by atoms with Crippen molar-refractivity contribution in [1.82, 2.24) is 0 Å². The molecule has 0 saturated heterocycles. The largest absolute Gasteiger partial charge is 0.493 e. The number of rotatable bonds is 6. The van der Waals surface area contributed by atoms with Crippen LogP contribution < -0.4 is 14.8 Å². The van der Waals surface area contributed by atoms with Gasteiger partial charge in [-0.15, -0.1) is 0 Å². The van der Waals surface area contributed by atoms with Gasteiger partial charge in [-0.1, -0.05) is 83.5 Å². The summed E-state index contributed by atoms with van der Waals surface area (Å²) in [4.78, 5) is 12.3. The van der Waals surface area contributed by atoms with E-state index in [9.17, 15) is 9.90 Å². The van der Waals surface area contributed by atoms with Gasteiger partial charge in [-0.2, -0.15) is 0 Å². The lowest BCUT2D eigenvalue weighted by Gasteiger charge is -2.40. The van der Waals surface area contributed by atoms with Gasteiger partial charge in [0.05, 0.1) is 31.5 Å². The predicted octanol–water partition coefficient (Wildman–Crippen LogP) is 7.77. The Bertz CT molecular complexity index is 1440. The average Bonchev–Trinajstić information content (AvgIpc) is 2.92. The predicted molar refractivity (Wildman–Crippen MR) is 150 cm³/mol. The summed E-state index contributed by atoms with van der Waals surface area (Å²) in [7, 11) is 3.24. The number of ether oxygens (including phenoxy) is 2. The van der Waals surface area contributed by atoms with Crippen LogP contribution >= 0.6 is 15.9 Å². The Labute approximate surface area is 225 Å². The third-order valence-corrected chi connectivity index (χ3v) is 7.65. The molecule has 0 saturated carbocycles. The molecule has 37 heavy (non-hydrogen) atoms. The number of benzene rings is 4. The van der Waals surface area contributed by atoms with Crippen molar-refractivity contribution in [2.24, 2.45) is 5.92 Å².